The van der Waals surface area contributed by atoms with Gasteiger partial charge in [-0.25, -0.2) is 0 Å². The lowest BCUT2D eigenvalue weighted by Crippen LogP contribution is -2.43. The van der Waals surface area contributed by atoms with E-state index in [4.69, 9.17) is 4.74 Å². The van der Waals surface area contributed by atoms with Crippen molar-refractivity contribution in [3.63, 3.8) is 0 Å². The fourth-order valence-electron chi connectivity index (χ4n) is 3.17. The van der Waals surface area contributed by atoms with E-state index in [0.29, 0.717) is 5.92 Å². The van der Waals surface area contributed by atoms with Crippen LogP contribution in [0.3, 0.4) is 0 Å². The van der Waals surface area contributed by atoms with Crippen molar-refractivity contribution in [2.24, 2.45) is 5.92 Å². The van der Waals surface area contributed by atoms with Crippen molar-refractivity contribution in [1.29, 1.82) is 0 Å². The summed E-state index contributed by atoms with van der Waals surface area (Å²) >= 11 is 0. The zero-order valence-electron chi connectivity index (χ0n) is 14.2. The highest BCUT2D eigenvalue weighted by Gasteiger charge is 2.32. The number of methoxy groups -OCH3 is 1. The lowest BCUT2D eigenvalue weighted by atomic mass is 10.0. The molecule has 5 nitrogen and oxygen atoms in total. The van der Waals surface area contributed by atoms with Gasteiger partial charge >= 0.3 is 0 Å². The molecule has 1 fully saturated rings. The van der Waals surface area contributed by atoms with Crippen LogP contribution in [-0.4, -0.2) is 69.6 Å². The second-order valence-electron chi connectivity index (χ2n) is 6.50. The average molecular weight is 305 g/mol. The first-order valence-electron chi connectivity index (χ1n) is 7.69. The Kier molecular flexibility index (Phi) is 5.42. The molecule has 1 aromatic rings. The summed E-state index contributed by atoms with van der Waals surface area (Å²) in [5.74, 6) is 1.24. The molecule has 5 heteroatoms. The van der Waals surface area contributed by atoms with Crippen molar-refractivity contribution in [1.82, 2.24) is 15.1 Å². The number of amides is 1. The molecule has 0 saturated carbocycles. The van der Waals surface area contributed by atoms with Crippen LogP contribution in [0.5, 0.6) is 5.75 Å². The normalized spacial score (nSPS) is 22.1. The first kappa shape index (κ1) is 16.8. The average Bonchev–Trinajstić information content (AvgIpc) is 2.77. The SMILES string of the molecule is COc1ccc(C(=O)N[C@@H]2CN(C)C[C@H]2CN(C)C)c(C)c1. The topological polar surface area (TPSA) is 44.8 Å². The summed E-state index contributed by atoms with van der Waals surface area (Å²) in [5.41, 5.74) is 1.66. The maximum atomic E-state index is 12.6. The summed E-state index contributed by atoms with van der Waals surface area (Å²) in [6.07, 6.45) is 0. The minimum absolute atomic E-state index is 0.00390. The van der Waals surface area contributed by atoms with Crippen molar-refractivity contribution < 1.29 is 9.53 Å². The molecule has 1 heterocycles. The van der Waals surface area contributed by atoms with Crippen LogP contribution in [-0.2, 0) is 0 Å². The van der Waals surface area contributed by atoms with Crippen LogP contribution in [0.25, 0.3) is 0 Å². The number of likely N-dealkylation sites (tertiary alicyclic amines) is 1. The molecule has 1 N–H and O–H groups in total. The van der Waals surface area contributed by atoms with E-state index in [1.54, 1.807) is 7.11 Å². The van der Waals surface area contributed by atoms with Crippen LogP contribution in [0.2, 0.25) is 0 Å². The van der Waals surface area contributed by atoms with Gasteiger partial charge in [0.1, 0.15) is 5.75 Å². The van der Waals surface area contributed by atoms with E-state index < -0.39 is 0 Å². The Morgan fingerprint density at radius 2 is 2.14 bits per heavy atom. The van der Waals surface area contributed by atoms with E-state index in [1.165, 1.54) is 0 Å². The number of carbonyl (C=O) groups excluding carboxylic acids is 1. The van der Waals surface area contributed by atoms with E-state index in [1.807, 2.05) is 25.1 Å². The van der Waals surface area contributed by atoms with Gasteiger partial charge in [0.15, 0.2) is 0 Å². The molecule has 2 rings (SSSR count). The molecule has 0 radical (unpaired) electrons. The number of carbonyl (C=O) groups is 1. The minimum atomic E-state index is 0.00390. The van der Waals surface area contributed by atoms with Gasteiger partial charge in [-0.1, -0.05) is 0 Å². The Morgan fingerprint density at radius 3 is 2.73 bits per heavy atom. The van der Waals surface area contributed by atoms with E-state index in [0.717, 1.165) is 36.5 Å². The molecule has 2 atom stereocenters. The van der Waals surface area contributed by atoms with Crippen molar-refractivity contribution in [3.05, 3.63) is 29.3 Å². The quantitative estimate of drug-likeness (QED) is 0.888. The van der Waals surface area contributed by atoms with Gasteiger partial charge < -0.3 is 19.9 Å². The lowest BCUT2D eigenvalue weighted by Gasteiger charge is -2.23. The highest BCUT2D eigenvalue weighted by molar-refractivity contribution is 5.96. The maximum absolute atomic E-state index is 12.6. The molecule has 22 heavy (non-hydrogen) atoms. The number of likely N-dealkylation sites (N-methyl/N-ethyl adjacent to an activating group) is 1. The summed E-state index contributed by atoms with van der Waals surface area (Å²) in [7, 11) is 7.89. The van der Waals surface area contributed by atoms with Crippen molar-refractivity contribution in [2.45, 2.75) is 13.0 Å². The number of rotatable bonds is 5. The van der Waals surface area contributed by atoms with Crippen molar-refractivity contribution >= 4 is 5.91 Å². The smallest absolute Gasteiger partial charge is 0.251 e. The predicted molar refractivity (Wildman–Crippen MR) is 88.5 cm³/mol. The predicted octanol–water partition coefficient (Wildman–Crippen LogP) is 1.23. The zero-order valence-corrected chi connectivity index (χ0v) is 14.2. The Hall–Kier alpha value is -1.59. The summed E-state index contributed by atoms with van der Waals surface area (Å²) in [4.78, 5) is 17.0. The molecule has 1 aromatic carbocycles. The van der Waals surface area contributed by atoms with Gasteiger partial charge in [0.2, 0.25) is 0 Å². The van der Waals surface area contributed by atoms with Gasteiger partial charge in [0.05, 0.1) is 7.11 Å². The lowest BCUT2D eigenvalue weighted by molar-refractivity contribution is 0.0926. The fourth-order valence-corrected chi connectivity index (χ4v) is 3.17. The molecule has 0 spiro atoms. The third-order valence-corrected chi connectivity index (χ3v) is 4.22. The van der Waals surface area contributed by atoms with Gasteiger partial charge in [0, 0.05) is 37.2 Å². The number of hydrogen-bond acceptors (Lipinski definition) is 4. The molecular weight excluding hydrogens is 278 g/mol. The van der Waals surface area contributed by atoms with Crippen molar-refractivity contribution in [3.8, 4) is 5.75 Å². The number of nitrogens with zero attached hydrogens (tertiary/aromatic N) is 2. The van der Waals surface area contributed by atoms with Crippen LogP contribution in [0.1, 0.15) is 15.9 Å². The van der Waals surface area contributed by atoms with Gasteiger partial charge in [-0.3, -0.25) is 4.79 Å². The highest BCUT2D eigenvalue weighted by Crippen LogP contribution is 2.19. The first-order chi connectivity index (χ1) is 10.4. The van der Waals surface area contributed by atoms with Crippen LogP contribution < -0.4 is 10.1 Å². The fraction of sp³-hybridized carbons (Fsp3) is 0.588. The third-order valence-electron chi connectivity index (χ3n) is 4.22. The summed E-state index contributed by atoms with van der Waals surface area (Å²) in [5, 5.41) is 3.21. The molecule has 1 aliphatic heterocycles. The Bertz CT molecular complexity index is 531. The molecule has 0 unspecified atom stereocenters. The Morgan fingerprint density at radius 1 is 1.41 bits per heavy atom. The molecule has 1 aliphatic rings. The molecule has 1 amide bonds. The number of ether oxygens (including phenoxy) is 1. The Balaban J connectivity index is 2.07. The molecule has 122 valence electrons. The second kappa shape index (κ2) is 7.11. The van der Waals surface area contributed by atoms with E-state index in [2.05, 4.69) is 36.3 Å². The Labute approximate surface area is 133 Å². The number of hydrogen-bond donors (Lipinski definition) is 1. The highest BCUT2D eigenvalue weighted by atomic mass is 16.5. The van der Waals surface area contributed by atoms with Gasteiger partial charge in [-0.2, -0.15) is 0 Å². The summed E-state index contributed by atoms with van der Waals surface area (Å²) in [6, 6.07) is 5.76. The molecule has 0 bridgehead atoms. The van der Waals surface area contributed by atoms with Gasteiger partial charge in [0.25, 0.3) is 5.91 Å². The van der Waals surface area contributed by atoms with Crippen LogP contribution >= 0.6 is 0 Å². The van der Waals surface area contributed by atoms with Crippen molar-refractivity contribution in [2.75, 3.05) is 47.9 Å². The van der Waals surface area contributed by atoms with Crippen LogP contribution in [0.4, 0.5) is 0 Å². The first-order valence-corrected chi connectivity index (χ1v) is 7.69. The largest absolute Gasteiger partial charge is 0.497 e. The standard InChI is InChI=1S/C17H27N3O2/c1-12-8-14(22-5)6-7-15(12)17(21)18-16-11-20(4)10-13(16)9-19(2)3/h6-8,13,16H,9-11H2,1-5H3,(H,18,21)/t13-,16-/m1/s1. The zero-order chi connectivity index (χ0) is 16.3. The van der Waals surface area contributed by atoms with E-state index >= 15 is 0 Å². The molecule has 0 aliphatic carbocycles. The maximum Gasteiger partial charge on any atom is 0.251 e. The summed E-state index contributed by atoms with van der Waals surface area (Å²) in [6.45, 7) is 4.84. The van der Waals surface area contributed by atoms with Crippen LogP contribution in [0, 0.1) is 12.8 Å². The monoisotopic (exact) mass is 305 g/mol. The number of nitrogens with one attached hydrogen (secondary N) is 1. The molecule has 1 saturated heterocycles. The van der Waals surface area contributed by atoms with Gasteiger partial charge in [-0.05, 0) is 51.8 Å². The number of benzene rings is 1. The third kappa shape index (κ3) is 3.99. The molecule has 0 aromatic heterocycles. The molecular formula is C17H27N3O2. The second-order valence-corrected chi connectivity index (χ2v) is 6.50. The van der Waals surface area contributed by atoms with Gasteiger partial charge in [-0.15, -0.1) is 0 Å². The minimum Gasteiger partial charge on any atom is -0.497 e. The summed E-state index contributed by atoms with van der Waals surface area (Å²) < 4.78 is 5.19. The van der Waals surface area contributed by atoms with E-state index in [9.17, 15) is 4.79 Å². The van der Waals surface area contributed by atoms with Crippen LogP contribution in [0.15, 0.2) is 18.2 Å². The van der Waals surface area contributed by atoms with E-state index in [-0.39, 0.29) is 11.9 Å². The number of aryl methyl sites for hydroxylation is 1.